The van der Waals surface area contributed by atoms with Crippen LogP contribution in [0.3, 0.4) is 0 Å². The van der Waals surface area contributed by atoms with E-state index in [9.17, 15) is 4.79 Å². The Kier molecular flexibility index (Phi) is 5.36. The molecule has 1 aliphatic rings. The van der Waals surface area contributed by atoms with Crippen LogP contribution in [0.1, 0.15) is 31.2 Å². The second kappa shape index (κ2) is 7.26. The average molecular weight is 261 g/mol. The highest BCUT2D eigenvalue weighted by Crippen LogP contribution is 2.11. The number of anilines is 1. The van der Waals surface area contributed by atoms with Crippen LogP contribution in [0.25, 0.3) is 0 Å². The minimum Gasteiger partial charge on any atom is -0.326 e. The van der Waals surface area contributed by atoms with Gasteiger partial charge in [0, 0.05) is 25.2 Å². The molecule has 0 aliphatic carbocycles. The lowest BCUT2D eigenvalue weighted by molar-refractivity contribution is -0.116. The fourth-order valence-electron chi connectivity index (χ4n) is 2.39. The third-order valence-electron chi connectivity index (χ3n) is 3.58. The van der Waals surface area contributed by atoms with Gasteiger partial charge in [-0.25, -0.2) is 0 Å². The quantitative estimate of drug-likeness (QED) is 0.852. The molecular formula is C15H23N3O. The molecule has 3 N–H and O–H groups in total. The van der Waals surface area contributed by atoms with Crippen LogP contribution >= 0.6 is 0 Å². The summed E-state index contributed by atoms with van der Waals surface area (Å²) in [6, 6.07) is 7.70. The molecule has 4 heteroatoms. The lowest BCUT2D eigenvalue weighted by Gasteiger charge is -2.25. The summed E-state index contributed by atoms with van der Waals surface area (Å²) in [5, 5.41) is 2.93. The van der Waals surface area contributed by atoms with Gasteiger partial charge in [-0.3, -0.25) is 4.79 Å². The van der Waals surface area contributed by atoms with Crippen LogP contribution in [0.4, 0.5) is 5.69 Å². The van der Waals surface area contributed by atoms with Crippen molar-refractivity contribution in [2.75, 3.05) is 25.0 Å². The molecule has 0 radical (unpaired) electrons. The second-order valence-electron chi connectivity index (χ2n) is 5.10. The largest absolute Gasteiger partial charge is 0.326 e. The van der Waals surface area contributed by atoms with Crippen molar-refractivity contribution in [3.8, 4) is 0 Å². The van der Waals surface area contributed by atoms with E-state index in [1.165, 1.54) is 19.3 Å². The zero-order chi connectivity index (χ0) is 13.5. The monoisotopic (exact) mass is 261 g/mol. The first kappa shape index (κ1) is 14.0. The van der Waals surface area contributed by atoms with Crippen LogP contribution in [0.5, 0.6) is 0 Å². The fraction of sp³-hybridized carbons (Fsp3) is 0.533. The van der Waals surface area contributed by atoms with Crippen LogP contribution < -0.4 is 11.1 Å². The smallest absolute Gasteiger partial charge is 0.225 e. The third kappa shape index (κ3) is 4.65. The summed E-state index contributed by atoms with van der Waals surface area (Å²) in [6.07, 6.45) is 4.43. The summed E-state index contributed by atoms with van der Waals surface area (Å²) >= 11 is 0. The maximum absolute atomic E-state index is 11.8. The maximum Gasteiger partial charge on any atom is 0.225 e. The third-order valence-corrected chi connectivity index (χ3v) is 3.58. The first-order valence-electron chi connectivity index (χ1n) is 7.09. The summed E-state index contributed by atoms with van der Waals surface area (Å²) < 4.78 is 0. The van der Waals surface area contributed by atoms with Crippen molar-refractivity contribution >= 4 is 11.6 Å². The summed E-state index contributed by atoms with van der Waals surface area (Å²) in [5.74, 6) is 0.0890. The van der Waals surface area contributed by atoms with Gasteiger partial charge in [0.2, 0.25) is 5.91 Å². The summed E-state index contributed by atoms with van der Waals surface area (Å²) in [4.78, 5) is 14.2. The molecule has 4 nitrogen and oxygen atoms in total. The van der Waals surface area contributed by atoms with Crippen molar-refractivity contribution in [1.82, 2.24) is 4.90 Å². The van der Waals surface area contributed by atoms with Crippen molar-refractivity contribution in [2.45, 2.75) is 32.2 Å². The molecule has 1 aromatic rings. The number of nitrogens with two attached hydrogens (primary N) is 1. The predicted octanol–water partition coefficient (Wildman–Crippen LogP) is 1.96. The molecule has 1 fully saturated rings. The van der Waals surface area contributed by atoms with Gasteiger partial charge in [-0.15, -0.1) is 0 Å². The van der Waals surface area contributed by atoms with Gasteiger partial charge in [-0.1, -0.05) is 18.6 Å². The first-order chi connectivity index (χ1) is 9.28. The number of likely N-dealkylation sites (tertiary alicyclic amines) is 1. The van der Waals surface area contributed by atoms with Crippen LogP contribution in [0.2, 0.25) is 0 Å². The molecule has 1 heterocycles. The van der Waals surface area contributed by atoms with E-state index in [0.717, 1.165) is 30.9 Å². The van der Waals surface area contributed by atoms with Crippen LogP contribution in [0.15, 0.2) is 24.3 Å². The molecule has 1 aliphatic heterocycles. The summed E-state index contributed by atoms with van der Waals surface area (Å²) in [5.41, 5.74) is 7.46. The molecule has 1 aromatic carbocycles. The number of carbonyl (C=O) groups excluding carboxylic acids is 1. The first-order valence-corrected chi connectivity index (χ1v) is 7.09. The molecule has 0 spiro atoms. The molecule has 19 heavy (non-hydrogen) atoms. The zero-order valence-electron chi connectivity index (χ0n) is 11.4. The molecule has 104 valence electrons. The maximum atomic E-state index is 11.8. The van der Waals surface area contributed by atoms with Gasteiger partial charge in [0.05, 0.1) is 0 Å². The number of nitrogens with one attached hydrogen (secondary N) is 1. The summed E-state index contributed by atoms with van der Waals surface area (Å²) in [6.45, 7) is 3.67. The zero-order valence-corrected chi connectivity index (χ0v) is 11.4. The van der Waals surface area contributed by atoms with E-state index in [1.54, 1.807) is 0 Å². The SMILES string of the molecule is NCc1ccc(NC(=O)CCN2CCCCC2)cc1. The van der Waals surface area contributed by atoms with Crippen molar-refractivity contribution < 1.29 is 4.79 Å². The van der Waals surface area contributed by atoms with Gasteiger partial charge >= 0.3 is 0 Å². The van der Waals surface area contributed by atoms with Crippen LogP contribution in [-0.2, 0) is 11.3 Å². The molecule has 1 saturated heterocycles. The molecule has 0 atom stereocenters. The topological polar surface area (TPSA) is 58.4 Å². The fourth-order valence-corrected chi connectivity index (χ4v) is 2.39. The lowest BCUT2D eigenvalue weighted by Crippen LogP contribution is -2.32. The lowest BCUT2D eigenvalue weighted by atomic mass is 10.1. The van der Waals surface area contributed by atoms with E-state index in [2.05, 4.69) is 10.2 Å². The number of hydrogen-bond donors (Lipinski definition) is 2. The Bertz CT molecular complexity index is 396. The van der Waals surface area contributed by atoms with Crippen LogP contribution in [-0.4, -0.2) is 30.4 Å². The number of carbonyl (C=O) groups is 1. The van der Waals surface area contributed by atoms with Crippen LogP contribution in [0, 0.1) is 0 Å². The molecule has 0 bridgehead atoms. The Labute approximate surface area is 115 Å². The van der Waals surface area contributed by atoms with E-state index < -0.39 is 0 Å². The van der Waals surface area contributed by atoms with Gasteiger partial charge < -0.3 is 16.0 Å². The number of amides is 1. The van der Waals surface area contributed by atoms with Crippen molar-refractivity contribution in [3.05, 3.63) is 29.8 Å². The molecule has 0 saturated carbocycles. The molecule has 2 rings (SSSR count). The number of piperidine rings is 1. The number of rotatable bonds is 5. The van der Waals surface area contributed by atoms with E-state index >= 15 is 0 Å². The number of hydrogen-bond acceptors (Lipinski definition) is 3. The van der Waals surface area contributed by atoms with Crippen molar-refractivity contribution in [3.63, 3.8) is 0 Å². The summed E-state index contributed by atoms with van der Waals surface area (Å²) in [7, 11) is 0. The van der Waals surface area contributed by atoms with Gasteiger partial charge in [0.15, 0.2) is 0 Å². The Hall–Kier alpha value is -1.39. The highest BCUT2D eigenvalue weighted by Gasteiger charge is 2.11. The van der Waals surface area contributed by atoms with E-state index in [4.69, 9.17) is 5.73 Å². The Morgan fingerprint density at radius 3 is 2.47 bits per heavy atom. The number of nitrogens with zero attached hydrogens (tertiary/aromatic N) is 1. The number of benzene rings is 1. The van der Waals surface area contributed by atoms with Gasteiger partial charge in [-0.2, -0.15) is 0 Å². The highest BCUT2D eigenvalue weighted by atomic mass is 16.1. The molecule has 1 amide bonds. The Balaban J connectivity index is 1.73. The van der Waals surface area contributed by atoms with Crippen molar-refractivity contribution in [2.24, 2.45) is 5.73 Å². The van der Waals surface area contributed by atoms with Gasteiger partial charge in [0.1, 0.15) is 0 Å². The molecular weight excluding hydrogens is 238 g/mol. The van der Waals surface area contributed by atoms with E-state index in [-0.39, 0.29) is 5.91 Å². The van der Waals surface area contributed by atoms with E-state index in [0.29, 0.717) is 13.0 Å². The Morgan fingerprint density at radius 2 is 1.84 bits per heavy atom. The second-order valence-corrected chi connectivity index (χ2v) is 5.10. The predicted molar refractivity (Wildman–Crippen MR) is 77.9 cm³/mol. The van der Waals surface area contributed by atoms with Gasteiger partial charge in [0.25, 0.3) is 0 Å². The van der Waals surface area contributed by atoms with Crippen molar-refractivity contribution in [1.29, 1.82) is 0 Å². The minimum absolute atomic E-state index is 0.0890. The Morgan fingerprint density at radius 1 is 1.16 bits per heavy atom. The highest BCUT2D eigenvalue weighted by molar-refractivity contribution is 5.90. The standard InChI is InChI=1S/C15H23N3O/c16-12-13-4-6-14(7-5-13)17-15(19)8-11-18-9-2-1-3-10-18/h4-7H,1-3,8-12,16H2,(H,17,19). The van der Waals surface area contributed by atoms with E-state index in [1.807, 2.05) is 24.3 Å². The normalized spacial score (nSPS) is 16.3. The molecule has 0 unspecified atom stereocenters. The average Bonchev–Trinajstić information content (AvgIpc) is 2.47. The minimum atomic E-state index is 0.0890. The molecule has 0 aromatic heterocycles. The van der Waals surface area contributed by atoms with Gasteiger partial charge in [-0.05, 0) is 43.6 Å².